The lowest BCUT2D eigenvalue weighted by Crippen LogP contribution is -2.28. The van der Waals surface area contributed by atoms with E-state index in [-0.39, 0.29) is 12.5 Å². The molecular formula is C20H23ClN2O3. The van der Waals surface area contributed by atoms with E-state index in [9.17, 15) is 4.79 Å². The van der Waals surface area contributed by atoms with Gasteiger partial charge in [-0.2, -0.15) is 0 Å². The summed E-state index contributed by atoms with van der Waals surface area (Å²) in [5.74, 6) is 1.68. The predicted molar refractivity (Wildman–Crippen MR) is 103 cm³/mol. The van der Waals surface area contributed by atoms with Gasteiger partial charge in [0.05, 0.1) is 18.8 Å². The van der Waals surface area contributed by atoms with E-state index in [0.29, 0.717) is 34.6 Å². The average Bonchev–Trinajstić information content (AvgIpc) is 2.63. The summed E-state index contributed by atoms with van der Waals surface area (Å²) in [6.45, 7) is 1.72. The Kier molecular flexibility index (Phi) is 6.75. The highest BCUT2D eigenvalue weighted by molar-refractivity contribution is 6.31. The van der Waals surface area contributed by atoms with Gasteiger partial charge in [-0.15, -0.1) is 0 Å². The summed E-state index contributed by atoms with van der Waals surface area (Å²) in [4.78, 5) is 12.2. The van der Waals surface area contributed by atoms with Crippen LogP contribution in [0.15, 0.2) is 42.5 Å². The Labute approximate surface area is 158 Å². The van der Waals surface area contributed by atoms with E-state index < -0.39 is 0 Å². The van der Waals surface area contributed by atoms with Crippen LogP contribution in [0.4, 0.5) is 5.69 Å². The molecule has 1 amide bonds. The molecule has 0 radical (unpaired) electrons. The summed E-state index contributed by atoms with van der Waals surface area (Å²) in [7, 11) is 0. The average molecular weight is 375 g/mol. The molecule has 2 N–H and O–H groups in total. The maximum Gasteiger partial charge on any atom is 0.238 e. The molecule has 0 saturated carbocycles. The van der Waals surface area contributed by atoms with Crippen molar-refractivity contribution in [2.24, 2.45) is 0 Å². The molecule has 5 nitrogen and oxygen atoms in total. The second-order valence-electron chi connectivity index (χ2n) is 6.18. The zero-order valence-corrected chi connectivity index (χ0v) is 15.3. The van der Waals surface area contributed by atoms with E-state index in [0.717, 1.165) is 32.2 Å². The molecule has 1 aliphatic rings. The van der Waals surface area contributed by atoms with Gasteiger partial charge in [0, 0.05) is 5.02 Å². The number of nitrogens with one attached hydrogen (secondary N) is 2. The normalized spacial score (nSPS) is 16.4. The molecule has 0 bridgehead atoms. The first-order valence-corrected chi connectivity index (χ1v) is 9.30. The van der Waals surface area contributed by atoms with Gasteiger partial charge in [0.25, 0.3) is 0 Å². The molecule has 1 aliphatic heterocycles. The maximum atomic E-state index is 12.2. The number of halogens is 1. The number of hydrogen-bond acceptors (Lipinski definition) is 4. The van der Waals surface area contributed by atoms with E-state index in [4.69, 9.17) is 21.1 Å². The molecular weight excluding hydrogens is 352 g/mol. The minimum atomic E-state index is -0.131. The lowest BCUT2D eigenvalue weighted by atomic mass is 10.2. The molecule has 3 rings (SSSR count). The van der Waals surface area contributed by atoms with Crippen LogP contribution >= 0.6 is 11.6 Å². The van der Waals surface area contributed by atoms with Crippen molar-refractivity contribution >= 4 is 23.2 Å². The molecule has 6 heteroatoms. The number of anilines is 1. The van der Waals surface area contributed by atoms with Gasteiger partial charge < -0.3 is 20.1 Å². The Morgan fingerprint density at radius 2 is 1.73 bits per heavy atom. The van der Waals surface area contributed by atoms with Gasteiger partial charge in [0.1, 0.15) is 0 Å². The van der Waals surface area contributed by atoms with Crippen LogP contribution in [-0.2, 0) is 4.79 Å². The zero-order valence-electron chi connectivity index (χ0n) is 14.6. The molecule has 1 heterocycles. The molecule has 0 atom stereocenters. The number of carbonyl (C=O) groups is 1. The van der Waals surface area contributed by atoms with Crippen molar-refractivity contribution in [3.63, 3.8) is 0 Å². The highest BCUT2D eigenvalue weighted by Crippen LogP contribution is 2.36. The number of benzene rings is 2. The minimum absolute atomic E-state index is 0.131. The first-order valence-electron chi connectivity index (χ1n) is 8.92. The molecule has 2 aromatic rings. The predicted octanol–water partition coefficient (Wildman–Crippen LogP) is 4.61. The summed E-state index contributed by atoms with van der Waals surface area (Å²) >= 11 is 6.09. The fourth-order valence-electron chi connectivity index (χ4n) is 2.75. The van der Waals surface area contributed by atoms with Crippen molar-refractivity contribution < 1.29 is 14.3 Å². The third kappa shape index (κ3) is 5.38. The minimum Gasteiger partial charge on any atom is -0.490 e. The van der Waals surface area contributed by atoms with Crippen molar-refractivity contribution in [1.82, 2.24) is 5.32 Å². The summed E-state index contributed by atoms with van der Waals surface area (Å²) in [5.41, 5.74) is 0.534. The smallest absolute Gasteiger partial charge is 0.238 e. The molecule has 0 aromatic heterocycles. The Morgan fingerprint density at radius 1 is 0.923 bits per heavy atom. The summed E-state index contributed by atoms with van der Waals surface area (Å²) in [6.07, 6.45) is 4.23. The second kappa shape index (κ2) is 9.46. The highest BCUT2D eigenvalue weighted by Gasteiger charge is 2.12. The molecule has 0 spiro atoms. The fraction of sp³-hybridized carbons (Fsp3) is 0.350. The number of ether oxygens (including phenoxy) is 2. The Hall–Kier alpha value is -2.24. The summed E-state index contributed by atoms with van der Waals surface area (Å²) < 4.78 is 11.9. The Balaban J connectivity index is 1.86. The SMILES string of the molecule is O=C1CNCCCCCCOc2ccccc2Oc2ccc(Cl)cc2N1. The Bertz CT molecular complexity index is 752. The number of para-hydroxylation sites is 2. The molecule has 0 saturated heterocycles. The van der Waals surface area contributed by atoms with Crippen molar-refractivity contribution in [3.05, 3.63) is 47.5 Å². The van der Waals surface area contributed by atoms with Crippen molar-refractivity contribution in [1.29, 1.82) is 0 Å². The van der Waals surface area contributed by atoms with Gasteiger partial charge in [-0.3, -0.25) is 4.79 Å². The highest BCUT2D eigenvalue weighted by atomic mass is 35.5. The van der Waals surface area contributed by atoms with Gasteiger partial charge in [-0.1, -0.05) is 36.6 Å². The van der Waals surface area contributed by atoms with Gasteiger partial charge in [-0.25, -0.2) is 0 Å². The van der Waals surface area contributed by atoms with Gasteiger partial charge in [0.2, 0.25) is 5.91 Å². The molecule has 2 aromatic carbocycles. The number of carbonyl (C=O) groups excluding carboxylic acids is 1. The first kappa shape index (κ1) is 18.5. The first-order chi connectivity index (χ1) is 12.7. The van der Waals surface area contributed by atoms with Crippen LogP contribution in [0.5, 0.6) is 17.2 Å². The lowest BCUT2D eigenvalue weighted by molar-refractivity contribution is -0.115. The van der Waals surface area contributed by atoms with E-state index in [2.05, 4.69) is 10.6 Å². The van der Waals surface area contributed by atoms with Crippen molar-refractivity contribution in [2.45, 2.75) is 25.7 Å². The molecule has 26 heavy (non-hydrogen) atoms. The fourth-order valence-corrected chi connectivity index (χ4v) is 2.92. The number of hydrogen-bond donors (Lipinski definition) is 2. The van der Waals surface area contributed by atoms with Gasteiger partial charge >= 0.3 is 0 Å². The second-order valence-corrected chi connectivity index (χ2v) is 6.61. The van der Waals surface area contributed by atoms with E-state index in [1.807, 2.05) is 24.3 Å². The molecule has 138 valence electrons. The third-order valence-electron chi connectivity index (χ3n) is 4.08. The van der Waals surface area contributed by atoms with Crippen LogP contribution in [0.1, 0.15) is 25.7 Å². The maximum absolute atomic E-state index is 12.2. The van der Waals surface area contributed by atoms with Crippen LogP contribution < -0.4 is 20.1 Å². The molecule has 0 fully saturated rings. The standard InChI is InChI=1S/C20H23ClN2O3/c21-15-9-10-17-16(13-15)23-20(24)14-22-11-5-1-2-6-12-25-18-7-3-4-8-19(18)26-17/h3-4,7-10,13,22H,1-2,5-6,11-12,14H2,(H,23,24). The van der Waals surface area contributed by atoms with Crippen LogP contribution in [0.3, 0.4) is 0 Å². The third-order valence-corrected chi connectivity index (χ3v) is 4.31. The van der Waals surface area contributed by atoms with Gasteiger partial charge in [0.15, 0.2) is 17.2 Å². The largest absolute Gasteiger partial charge is 0.490 e. The van der Waals surface area contributed by atoms with Crippen molar-refractivity contribution in [3.8, 4) is 17.2 Å². The topological polar surface area (TPSA) is 59.6 Å². The summed E-state index contributed by atoms with van der Waals surface area (Å²) in [5, 5.41) is 6.55. The number of rotatable bonds is 0. The van der Waals surface area contributed by atoms with E-state index >= 15 is 0 Å². The van der Waals surface area contributed by atoms with Crippen LogP contribution in [0.2, 0.25) is 5.02 Å². The number of amides is 1. The van der Waals surface area contributed by atoms with E-state index in [1.165, 1.54) is 0 Å². The quantitative estimate of drug-likeness (QED) is 0.706. The number of fused-ring (bicyclic) bond motifs is 2. The Morgan fingerprint density at radius 3 is 2.62 bits per heavy atom. The van der Waals surface area contributed by atoms with Crippen LogP contribution in [0, 0.1) is 0 Å². The van der Waals surface area contributed by atoms with E-state index in [1.54, 1.807) is 18.2 Å². The zero-order chi connectivity index (χ0) is 18.2. The van der Waals surface area contributed by atoms with Crippen LogP contribution in [0.25, 0.3) is 0 Å². The van der Waals surface area contributed by atoms with Gasteiger partial charge in [-0.05, 0) is 49.7 Å². The monoisotopic (exact) mass is 374 g/mol. The molecule has 0 aliphatic carbocycles. The lowest BCUT2D eigenvalue weighted by Gasteiger charge is -2.16. The molecule has 0 unspecified atom stereocenters. The van der Waals surface area contributed by atoms with Crippen molar-refractivity contribution in [2.75, 3.05) is 25.0 Å². The van der Waals surface area contributed by atoms with Crippen LogP contribution in [-0.4, -0.2) is 25.6 Å². The summed E-state index contributed by atoms with van der Waals surface area (Å²) in [6, 6.07) is 12.7.